The molecule has 1 amide bonds. The molecule has 0 aromatic carbocycles. The molecule has 1 aliphatic rings. The summed E-state index contributed by atoms with van der Waals surface area (Å²) in [5.74, 6) is -0.529. The van der Waals surface area contributed by atoms with Crippen LogP contribution < -0.4 is 0 Å². The molecule has 1 heterocycles. The maximum absolute atomic E-state index is 12.5. The molecule has 0 bridgehead atoms. The minimum atomic E-state index is -4.35. The van der Waals surface area contributed by atoms with Gasteiger partial charge in [-0.3, -0.25) is 4.79 Å². The molecule has 0 spiro atoms. The molecule has 0 N–H and O–H groups in total. The van der Waals surface area contributed by atoms with E-state index in [0.29, 0.717) is 18.4 Å². The molecule has 1 saturated carbocycles. The van der Waals surface area contributed by atoms with Crippen molar-refractivity contribution in [3.63, 3.8) is 0 Å². The standard InChI is InChI=1S/C11H11BrF3NOS/c12-9-4-7(5-18-9)10(17)16(6-11(13,14)15)8-2-1-3-8/h4-5,8H,1-3,6H2. The molecule has 0 unspecified atom stereocenters. The third-order valence-corrected chi connectivity index (χ3v) is 4.44. The first-order valence-corrected chi connectivity index (χ1v) is 7.16. The molecule has 0 atom stereocenters. The zero-order chi connectivity index (χ0) is 13.3. The van der Waals surface area contributed by atoms with E-state index < -0.39 is 18.6 Å². The van der Waals surface area contributed by atoms with Crippen molar-refractivity contribution in [2.24, 2.45) is 0 Å². The number of carbonyl (C=O) groups is 1. The fourth-order valence-corrected chi connectivity index (χ4v) is 2.98. The first kappa shape index (κ1) is 13.9. The van der Waals surface area contributed by atoms with E-state index in [1.165, 1.54) is 11.3 Å². The van der Waals surface area contributed by atoms with Gasteiger partial charge in [-0.2, -0.15) is 13.2 Å². The number of amides is 1. The largest absolute Gasteiger partial charge is 0.406 e. The Morgan fingerprint density at radius 3 is 2.56 bits per heavy atom. The van der Waals surface area contributed by atoms with Gasteiger partial charge in [0.25, 0.3) is 5.91 Å². The van der Waals surface area contributed by atoms with Crippen LogP contribution in [0.3, 0.4) is 0 Å². The van der Waals surface area contributed by atoms with Crippen LogP contribution >= 0.6 is 27.3 Å². The van der Waals surface area contributed by atoms with Gasteiger partial charge in [0.1, 0.15) is 6.54 Å². The Balaban J connectivity index is 2.15. The number of nitrogens with zero attached hydrogens (tertiary/aromatic N) is 1. The van der Waals surface area contributed by atoms with Crippen LogP contribution in [0.25, 0.3) is 0 Å². The molecule has 0 aliphatic heterocycles. The molecule has 0 radical (unpaired) electrons. The van der Waals surface area contributed by atoms with Crippen molar-refractivity contribution >= 4 is 33.2 Å². The molecule has 0 saturated heterocycles. The highest BCUT2D eigenvalue weighted by Crippen LogP contribution is 2.31. The minimum Gasteiger partial charge on any atom is -0.327 e. The average molecular weight is 342 g/mol. The number of thiophene rings is 1. The minimum absolute atomic E-state index is 0.266. The first-order chi connectivity index (χ1) is 8.37. The Kier molecular flexibility index (Phi) is 4.01. The van der Waals surface area contributed by atoms with Crippen LogP contribution in [0.1, 0.15) is 29.6 Å². The molecule has 1 aromatic heterocycles. The predicted octanol–water partition coefficient (Wildman–Crippen LogP) is 4.07. The SMILES string of the molecule is O=C(c1csc(Br)c1)N(CC(F)(F)F)C1CCC1. The second-order valence-corrected chi connectivity index (χ2v) is 6.56. The summed E-state index contributed by atoms with van der Waals surface area (Å²) >= 11 is 4.50. The summed E-state index contributed by atoms with van der Waals surface area (Å²) in [5.41, 5.74) is 0.322. The molecule has 1 aromatic rings. The summed E-state index contributed by atoms with van der Waals surface area (Å²) in [6.07, 6.45) is -2.14. The van der Waals surface area contributed by atoms with Gasteiger partial charge in [0.05, 0.1) is 9.35 Å². The Bertz CT molecular complexity index is 442. The van der Waals surface area contributed by atoms with Gasteiger partial charge in [-0.05, 0) is 41.3 Å². The van der Waals surface area contributed by atoms with E-state index in [1.807, 2.05) is 0 Å². The van der Waals surface area contributed by atoms with Crippen molar-refractivity contribution in [1.29, 1.82) is 0 Å². The molecule has 1 aliphatic carbocycles. The molecule has 1 fully saturated rings. The lowest BCUT2D eigenvalue weighted by atomic mass is 9.91. The molecule has 18 heavy (non-hydrogen) atoms. The van der Waals surface area contributed by atoms with E-state index in [2.05, 4.69) is 15.9 Å². The summed E-state index contributed by atoms with van der Waals surface area (Å²) in [6, 6.07) is 1.30. The third-order valence-electron chi connectivity index (χ3n) is 2.94. The molecule has 2 nitrogen and oxygen atoms in total. The molecular weight excluding hydrogens is 331 g/mol. The van der Waals surface area contributed by atoms with Gasteiger partial charge in [0.2, 0.25) is 0 Å². The van der Waals surface area contributed by atoms with Crippen LogP contribution in [0, 0.1) is 0 Å². The van der Waals surface area contributed by atoms with Gasteiger partial charge in [-0.25, -0.2) is 0 Å². The van der Waals surface area contributed by atoms with Crippen LogP contribution in [-0.2, 0) is 0 Å². The second-order valence-electron chi connectivity index (χ2n) is 4.27. The van der Waals surface area contributed by atoms with Gasteiger partial charge in [0.15, 0.2) is 0 Å². The van der Waals surface area contributed by atoms with Crippen molar-refractivity contribution < 1.29 is 18.0 Å². The summed E-state index contributed by atoms with van der Waals surface area (Å²) < 4.78 is 38.3. The summed E-state index contributed by atoms with van der Waals surface area (Å²) in [7, 11) is 0. The van der Waals surface area contributed by atoms with Crippen LogP contribution in [-0.4, -0.2) is 29.6 Å². The monoisotopic (exact) mass is 341 g/mol. The van der Waals surface area contributed by atoms with Gasteiger partial charge in [-0.15, -0.1) is 11.3 Å². The van der Waals surface area contributed by atoms with E-state index in [1.54, 1.807) is 11.4 Å². The zero-order valence-electron chi connectivity index (χ0n) is 9.34. The fourth-order valence-electron chi connectivity index (χ4n) is 1.85. The fraction of sp³-hybridized carbons (Fsp3) is 0.545. The lowest BCUT2D eigenvalue weighted by molar-refractivity contribution is -0.147. The van der Waals surface area contributed by atoms with Gasteiger partial charge in [0, 0.05) is 11.4 Å². The quantitative estimate of drug-likeness (QED) is 0.811. The Labute approximate surface area is 115 Å². The van der Waals surface area contributed by atoms with Crippen molar-refractivity contribution in [3.8, 4) is 0 Å². The predicted molar refractivity (Wildman–Crippen MR) is 66.7 cm³/mol. The van der Waals surface area contributed by atoms with Crippen LogP contribution in [0.15, 0.2) is 15.2 Å². The number of alkyl halides is 3. The number of halogens is 4. The van der Waals surface area contributed by atoms with E-state index in [9.17, 15) is 18.0 Å². The van der Waals surface area contributed by atoms with E-state index in [0.717, 1.165) is 15.1 Å². The van der Waals surface area contributed by atoms with E-state index in [-0.39, 0.29) is 6.04 Å². The normalized spacial score (nSPS) is 16.4. The van der Waals surface area contributed by atoms with E-state index >= 15 is 0 Å². The zero-order valence-corrected chi connectivity index (χ0v) is 11.7. The Morgan fingerprint density at radius 1 is 1.50 bits per heavy atom. The highest BCUT2D eigenvalue weighted by atomic mass is 79.9. The summed E-state index contributed by atoms with van der Waals surface area (Å²) in [5, 5.41) is 1.58. The molecular formula is C11H11BrF3NOS. The topological polar surface area (TPSA) is 20.3 Å². The van der Waals surface area contributed by atoms with Crippen LogP contribution in [0.5, 0.6) is 0 Å². The third kappa shape index (κ3) is 3.26. The highest BCUT2D eigenvalue weighted by Gasteiger charge is 2.38. The Morgan fingerprint density at radius 2 is 2.17 bits per heavy atom. The number of hydrogen-bond acceptors (Lipinski definition) is 2. The van der Waals surface area contributed by atoms with Crippen molar-refractivity contribution in [3.05, 3.63) is 20.8 Å². The molecule has 7 heteroatoms. The maximum atomic E-state index is 12.5. The lowest BCUT2D eigenvalue weighted by Crippen LogP contribution is -2.48. The van der Waals surface area contributed by atoms with Gasteiger partial charge < -0.3 is 4.90 Å². The van der Waals surface area contributed by atoms with Crippen molar-refractivity contribution in [2.45, 2.75) is 31.5 Å². The number of rotatable bonds is 3. The summed E-state index contributed by atoms with van der Waals surface area (Å²) in [4.78, 5) is 13.0. The summed E-state index contributed by atoms with van der Waals surface area (Å²) in [6.45, 7) is -1.16. The molecule has 100 valence electrons. The first-order valence-electron chi connectivity index (χ1n) is 5.48. The average Bonchev–Trinajstić information content (AvgIpc) is 2.58. The van der Waals surface area contributed by atoms with Crippen molar-refractivity contribution in [1.82, 2.24) is 4.90 Å². The van der Waals surface area contributed by atoms with Crippen molar-refractivity contribution in [2.75, 3.05) is 6.54 Å². The van der Waals surface area contributed by atoms with Gasteiger partial charge >= 0.3 is 6.18 Å². The van der Waals surface area contributed by atoms with Crippen LogP contribution in [0.4, 0.5) is 13.2 Å². The molecule has 2 rings (SSSR count). The van der Waals surface area contributed by atoms with E-state index in [4.69, 9.17) is 0 Å². The second kappa shape index (κ2) is 5.21. The van der Waals surface area contributed by atoms with Crippen LogP contribution in [0.2, 0.25) is 0 Å². The smallest absolute Gasteiger partial charge is 0.327 e. The lowest BCUT2D eigenvalue weighted by Gasteiger charge is -2.37. The number of carbonyl (C=O) groups excluding carboxylic acids is 1. The number of hydrogen-bond donors (Lipinski definition) is 0. The maximum Gasteiger partial charge on any atom is 0.406 e. The Hall–Kier alpha value is -0.560. The highest BCUT2D eigenvalue weighted by molar-refractivity contribution is 9.11. The van der Waals surface area contributed by atoms with Gasteiger partial charge in [-0.1, -0.05) is 0 Å².